The molecule has 0 fully saturated rings. The van der Waals surface area contributed by atoms with Crippen LogP contribution < -0.4 is 24.3 Å². The Balaban J connectivity index is 1.00. The minimum atomic E-state index is -1.50. The van der Waals surface area contributed by atoms with Gasteiger partial charge in [-0.3, -0.25) is 0 Å². The number of amidine groups is 4. The highest BCUT2D eigenvalue weighted by Gasteiger charge is 2.43. The van der Waals surface area contributed by atoms with E-state index in [4.69, 9.17) is 38.9 Å². The first-order valence-electron chi connectivity index (χ1n) is 28.4. The Hall–Kier alpha value is -13.4. The molecule has 0 aromatic heterocycles. The molecule has 9 N–H and O–H groups in total. The number of carboxylic acid groups (broad SMARTS) is 8. The Bertz CT molecular complexity index is 4920. The van der Waals surface area contributed by atoms with Crippen LogP contribution in [0, 0.1) is 0 Å². The number of hydrogen-bond donors (Lipinski definition) is 9. The molecule has 4 atom stereocenters. The van der Waals surface area contributed by atoms with Gasteiger partial charge >= 0.3 is 47.8 Å². The molecule has 0 spiro atoms. The van der Waals surface area contributed by atoms with E-state index in [9.17, 15) is 79.2 Å². The van der Waals surface area contributed by atoms with E-state index in [1.165, 1.54) is 24.3 Å². The van der Waals surface area contributed by atoms with Crippen LogP contribution in [0.1, 0.15) is 152 Å². The van der Waals surface area contributed by atoms with Crippen LogP contribution in [-0.4, -0.2) is 148 Å². The molecule has 8 aromatic rings. The molecule has 28 heteroatoms. The van der Waals surface area contributed by atoms with Crippen molar-refractivity contribution >= 4 is 71.1 Å². The first-order valence-corrected chi connectivity index (χ1v) is 28.4. The van der Waals surface area contributed by atoms with Crippen LogP contribution in [0.25, 0.3) is 0 Å². The SMILES string of the molecule is CN1C2=NC3c4cc(Oc5ccc(C(=O)O)c(C(=O)O)c5)ccc4C(=NC4c5cc(Oc6ccc(C(=O)O)c(C(=O)O)c6)ccc5C(=NC5NC(=NC1c1cc(Oc6ccc(C(=O)O)c(C(=O)O)c6)ccc12)c1ccc(Oc2ccc(C(=O)O)c(C(=O)O)c2)cc15)N4C)N3C. The summed E-state index contributed by atoms with van der Waals surface area (Å²) in [5.41, 5.74) is 0.303. The van der Waals surface area contributed by atoms with Crippen LogP contribution in [0.3, 0.4) is 0 Å². The second-order valence-electron chi connectivity index (χ2n) is 22.0. The number of carboxylic acids is 8. The molecule has 0 saturated heterocycles. The number of aliphatic imine (C=N–C) groups is 4. The lowest BCUT2D eigenvalue weighted by molar-refractivity contribution is 0.0651. The Labute approximate surface area is 533 Å². The van der Waals surface area contributed by atoms with Crippen molar-refractivity contribution in [3.05, 3.63) is 235 Å². The van der Waals surface area contributed by atoms with E-state index in [0.29, 0.717) is 67.9 Å². The van der Waals surface area contributed by atoms with Crippen molar-refractivity contribution < 1.29 is 98.2 Å². The molecule has 5 aliphatic heterocycles. The van der Waals surface area contributed by atoms with Crippen LogP contribution in [0.2, 0.25) is 0 Å². The molecule has 5 aliphatic rings. The van der Waals surface area contributed by atoms with Gasteiger partial charge in [-0.25, -0.2) is 58.3 Å². The molecular formula is C67H46N8O20. The van der Waals surface area contributed by atoms with Crippen LogP contribution >= 0.6 is 0 Å². The lowest BCUT2D eigenvalue weighted by atomic mass is 10.1. The van der Waals surface area contributed by atoms with Gasteiger partial charge in [-0.15, -0.1) is 0 Å². The number of ether oxygens (including phenoxy) is 4. The van der Waals surface area contributed by atoms with E-state index < -0.39 is 117 Å². The molecule has 474 valence electrons. The van der Waals surface area contributed by atoms with Gasteiger partial charge in [0, 0.05) is 65.7 Å². The van der Waals surface area contributed by atoms with Gasteiger partial charge in [-0.05, 0) is 146 Å². The number of nitrogens with one attached hydrogen (secondary N) is 1. The number of hydrogen-bond acceptors (Lipinski definition) is 20. The van der Waals surface area contributed by atoms with Gasteiger partial charge in [0.2, 0.25) is 0 Å². The van der Waals surface area contributed by atoms with E-state index in [-0.39, 0.29) is 46.0 Å². The van der Waals surface area contributed by atoms with Gasteiger partial charge in [0.1, 0.15) is 75.5 Å². The second-order valence-corrected chi connectivity index (χ2v) is 22.0. The highest BCUT2D eigenvalue weighted by molar-refractivity contribution is 6.10. The van der Waals surface area contributed by atoms with Crippen LogP contribution in [0.5, 0.6) is 46.0 Å². The average molecular weight is 1280 g/mol. The third-order valence-corrected chi connectivity index (χ3v) is 16.3. The number of nitrogens with zero attached hydrogens (tertiary/aromatic N) is 7. The Morgan fingerprint density at radius 1 is 0.305 bits per heavy atom. The van der Waals surface area contributed by atoms with Gasteiger partial charge in [0.25, 0.3) is 0 Å². The topological polar surface area (TPSA) is 407 Å². The summed E-state index contributed by atoms with van der Waals surface area (Å²) >= 11 is 0. The van der Waals surface area contributed by atoms with Crippen molar-refractivity contribution in [1.29, 1.82) is 0 Å². The van der Waals surface area contributed by atoms with Gasteiger partial charge in [-0.1, -0.05) is 0 Å². The summed E-state index contributed by atoms with van der Waals surface area (Å²) in [7, 11) is 5.28. The molecule has 0 radical (unpaired) electrons. The predicted molar refractivity (Wildman–Crippen MR) is 331 cm³/mol. The third kappa shape index (κ3) is 10.8. The van der Waals surface area contributed by atoms with Gasteiger partial charge < -0.3 is 79.8 Å². The molecular weight excluding hydrogens is 1240 g/mol. The molecule has 13 rings (SSSR count). The molecule has 4 unspecified atom stereocenters. The molecule has 95 heavy (non-hydrogen) atoms. The Morgan fingerprint density at radius 3 is 0.842 bits per heavy atom. The molecule has 28 nitrogen and oxygen atoms in total. The van der Waals surface area contributed by atoms with E-state index >= 15 is 0 Å². The Kier molecular flexibility index (Phi) is 14.7. The molecule has 0 aliphatic carbocycles. The van der Waals surface area contributed by atoms with Crippen molar-refractivity contribution in [3.63, 3.8) is 0 Å². The van der Waals surface area contributed by atoms with Crippen molar-refractivity contribution in [2.45, 2.75) is 24.7 Å². The summed E-state index contributed by atoms with van der Waals surface area (Å²) < 4.78 is 25.0. The van der Waals surface area contributed by atoms with E-state index in [2.05, 4.69) is 5.32 Å². The fourth-order valence-corrected chi connectivity index (χ4v) is 11.9. The molecule has 0 amide bonds. The molecule has 5 heterocycles. The minimum Gasteiger partial charge on any atom is -0.478 e. The zero-order chi connectivity index (χ0) is 67.2. The van der Waals surface area contributed by atoms with Crippen molar-refractivity contribution in [3.8, 4) is 46.0 Å². The maximum absolute atomic E-state index is 12.3. The fourth-order valence-electron chi connectivity index (χ4n) is 11.9. The smallest absolute Gasteiger partial charge is 0.336 e. The predicted octanol–water partition coefficient (Wildman–Crippen LogP) is 9.98. The third-order valence-electron chi connectivity index (χ3n) is 16.3. The summed E-state index contributed by atoms with van der Waals surface area (Å²) in [6.07, 6.45) is -3.87. The zero-order valence-corrected chi connectivity index (χ0v) is 49.3. The van der Waals surface area contributed by atoms with Gasteiger partial charge in [0.05, 0.1) is 44.5 Å². The second kappa shape index (κ2) is 23.1. The highest BCUT2D eigenvalue weighted by atomic mass is 16.5. The number of fused-ring (bicyclic) bond motifs is 20. The lowest BCUT2D eigenvalue weighted by Gasteiger charge is -2.26. The van der Waals surface area contributed by atoms with E-state index in [1.54, 1.807) is 104 Å². The number of aromatic carboxylic acids is 8. The summed E-state index contributed by atoms with van der Waals surface area (Å²) in [5, 5.41) is 82.4. The highest BCUT2D eigenvalue weighted by Crippen LogP contribution is 2.47. The average Bonchev–Trinajstić information content (AvgIpc) is 1.58. The van der Waals surface area contributed by atoms with E-state index in [0.717, 1.165) is 48.5 Å². The van der Waals surface area contributed by atoms with Crippen LogP contribution in [-0.2, 0) is 0 Å². The number of carbonyl (C=O) groups is 8. The van der Waals surface area contributed by atoms with Crippen LogP contribution in [0.15, 0.2) is 166 Å². The minimum absolute atomic E-state index is 0.000685. The quantitative estimate of drug-likeness (QED) is 0.0434. The monoisotopic (exact) mass is 1280 g/mol. The number of rotatable bonds is 16. The maximum atomic E-state index is 12.3. The molecule has 0 saturated carbocycles. The number of benzene rings is 8. The summed E-state index contributed by atoms with van der Waals surface area (Å²) in [6.45, 7) is 0. The first-order chi connectivity index (χ1) is 45.4. The lowest BCUT2D eigenvalue weighted by Crippen LogP contribution is -2.31. The zero-order valence-electron chi connectivity index (χ0n) is 49.3. The standard InChI is InChI=1S/C67H46N8O20/c1-73-54-37-13-5-30(94-34-10-18-42(62(80)81)50(26-34)66(88)89)22-46(37)58(73)72-56-39-15-7-31(95-35-11-19-43(63(82)83)51(27-35)67(90)91)23-47(39)59(75(56)3)71-55-38-14-6-29(93-33-9-17-41(61(78)79)49(25-33)65(86)87)21-45(38)57(74(55)2)69-52-36-12-4-28(20-44(36)53(68-52)70-54)92-32-8-16-40(60(76)77)48(24-32)64(84)85/h4-27,53,57-59H,1-3H3,(H,68,69)(H,76,77)(H,78,79)(H,80,81)(H,82,83)(H,84,85)(H,86,87)(H,88,89)(H,90,91). The van der Waals surface area contributed by atoms with Gasteiger partial charge in [0.15, 0.2) is 18.5 Å². The normalized spacial score (nSPS) is 16.9. The summed E-state index contributed by atoms with van der Waals surface area (Å²) in [5.74, 6) is -9.65. The Morgan fingerprint density at radius 2 is 0.547 bits per heavy atom. The molecule has 8 bridgehead atoms. The van der Waals surface area contributed by atoms with Gasteiger partial charge in [-0.2, -0.15) is 0 Å². The van der Waals surface area contributed by atoms with Crippen molar-refractivity contribution in [1.82, 2.24) is 20.0 Å². The fraction of sp³-hybridized carbons (Fsp3) is 0.104. The van der Waals surface area contributed by atoms with Crippen LogP contribution in [0.4, 0.5) is 0 Å². The largest absolute Gasteiger partial charge is 0.478 e. The van der Waals surface area contributed by atoms with E-state index in [1.807, 2.05) is 4.90 Å². The maximum Gasteiger partial charge on any atom is 0.336 e. The van der Waals surface area contributed by atoms with Crippen molar-refractivity contribution in [2.75, 3.05) is 21.1 Å². The van der Waals surface area contributed by atoms with Crippen molar-refractivity contribution in [2.24, 2.45) is 20.0 Å². The first kappa shape index (κ1) is 60.5. The molecule has 8 aromatic carbocycles. The summed E-state index contributed by atoms with van der Waals surface area (Å²) in [6, 6.07) is 34.2. The summed E-state index contributed by atoms with van der Waals surface area (Å²) in [4.78, 5) is 124.